The van der Waals surface area contributed by atoms with Gasteiger partial charge < -0.3 is 9.47 Å². The Hall–Kier alpha value is -3.35. The van der Waals surface area contributed by atoms with E-state index in [-0.39, 0.29) is 12.0 Å². The molecule has 3 rings (SSSR count). The van der Waals surface area contributed by atoms with Crippen LogP contribution in [0.1, 0.15) is 16.7 Å². The molecule has 0 bridgehead atoms. The molecule has 0 radical (unpaired) electrons. The van der Waals surface area contributed by atoms with Crippen molar-refractivity contribution in [1.29, 1.82) is 5.41 Å². The van der Waals surface area contributed by atoms with Gasteiger partial charge in [-0.15, -0.1) is 0 Å². The molecule has 0 aliphatic heterocycles. The molecule has 26 heavy (non-hydrogen) atoms. The van der Waals surface area contributed by atoms with Crippen molar-refractivity contribution in [2.45, 2.75) is 20.8 Å². The van der Waals surface area contributed by atoms with Gasteiger partial charge in [0.25, 0.3) is 0 Å². The largest absolute Gasteiger partial charge is 0.453 e. The zero-order valence-electron chi connectivity index (χ0n) is 15.1. The zero-order chi connectivity index (χ0) is 18.8. The molecule has 2 N–H and O–H groups in total. The summed E-state index contributed by atoms with van der Waals surface area (Å²) in [5.74, 6) is 0.771. The highest BCUT2D eigenvalue weighted by molar-refractivity contribution is 5.95. The normalized spacial score (nSPS) is 10.6. The lowest BCUT2D eigenvalue weighted by molar-refractivity contribution is 0.186. The first kappa shape index (κ1) is 17.5. The lowest BCUT2D eigenvalue weighted by atomic mass is 10.1. The van der Waals surface area contributed by atoms with Gasteiger partial charge in [0.05, 0.1) is 18.1 Å². The Kier molecular flexibility index (Phi) is 4.62. The molecular formula is C19H20N4O3. The smallest absolute Gasteiger partial charge is 0.413 e. The highest BCUT2D eigenvalue weighted by atomic mass is 16.5. The minimum Gasteiger partial charge on any atom is -0.453 e. The molecule has 0 spiro atoms. The van der Waals surface area contributed by atoms with Crippen LogP contribution >= 0.6 is 0 Å². The third kappa shape index (κ3) is 3.23. The van der Waals surface area contributed by atoms with Gasteiger partial charge in [-0.3, -0.25) is 10.7 Å². The molecule has 1 aromatic heterocycles. The molecule has 0 aliphatic rings. The Bertz CT molecular complexity index is 984. The third-order valence-corrected chi connectivity index (χ3v) is 3.97. The molecule has 0 saturated heterocycles. The number of nitrogens with one attached hydrogen (secondary N) is 2. The highest BCUT2D eigenvalue weighted by Gasteiger charge is 2.19. The molecule has 3 aromatic rings. The molecule has 1 heterocycles. The molecule has 0 fully saturated rings. The highest BCUT2D eigenvalue weighted by Crippen LogP contribution is 2.26. The van der Waals surface area contributed by atoms with Crippen molar-refractivity contribution in [1.82, 2.24) is 9.55 Å². The van der Waals surface area contributed by atoms with Crippen LogP contribution in [-0.2, 0) is 4.74 Å². The van der Waals surface area contributed by atoms with Gasteiger partial charge in [0.2, 0.25) is 5.95 Å². The number of nitrogens with zero attached hydrogens (tertiary/aromatic N) is 2. The topological polar surface area (TPSA) is 89.2 Å². The fourth-order valence-electron chi connectivity index (χ4n) is 2.93. The van der Waals surface area contributed by atoms with Crippen LogP contribution < -0.4 is 10.1 Å². The van der Waals surface area contributed by atoms with E-state index >= 15 is 0 Å². The number of aromatic nitrogens is 2. The second-order valence-electron chi connectivity index (χ2n) is 6.01. The number of carbonyl (C=O) groups excluding carboxylic acids is 1. The molecule has 2 aromatic carbocycles. The first-order chi connectivity index (χ1) is 12.4. The summed E-state index contributed by atoms with van der Waals surface area (Å²) in [5.41, 5.74) is 4.26. The number of para-hydroxylation sites is 2. The first-order valence-electron chi connectivity index (χ1n) is 8.07. The Morgan fingerprint density at radius 1 is 1.15 bits per heavy atom. The SMILES string of the molecule is COC(=O)Nc1nc2ccccc2n1C(=N)Oc1c(C)cc(C)cc1C. The monoisotopic (exact) mass is 352 g/mol. The van der Waals surface area contributed by atoms with E-state index in [0.717, 1.165) is 16.7 Å². The van der Waals surface area contributed by atoms with Gasteiger partial charge in [-0.1, -0.05) is 29.8 Å². The van der Waals surface area contributed by atoms with Gasteiger partial charge in [-0.05, 0) is 44.0 Å². The Morgan fingerprint density at radius 3 is 2.46 bits per heavy atom. The molecule has 7 nitrogen and oxygen atoms in total. The molecule has 0 unspecified atom stereocenters. The van der Waals surface area contributed by atoms with Crippen molar-refractivity contribution in [2.24, 2.45) is 0 Å². The summed E-state index contributed by atoms with van der Waals surface area (Å²) in [4.78, 5) is 16.0. The zero-order valence-corrected chi connectivity index (χ0v) is 15.1. The Labute approximate surface area is 151 Å². The number of hydrogen-bond acceptors (Lipinski definition) is 5. The predicted octanol–water partition coefficient (Wildman–Crippen LogP) is 4.00. The fourth-order valence-corrected chi connectivity index (χ4v) is 2.93. The number of imidazole rings is 1. The minimum atomic E-state index is -0.669. The van der Waals surface area contributed by atoms with Crippen LogP contribution in [-0.4, -0.2) is 28.8 Å². The number of rotatable bonds is 2. The fraction of sp³-hybridized carbons (Fsp3) is 0.211. The number of aryl methyl sites for hydroxylation is 3. The van der Waals surface area contributed by atoms with Crippen molar-refractivity contribution < 1.29 is 14.3 Å². The van der Waals surface area contributed by atoms with Crippen LogP contribution in [0.3, 0.4) is 0 Å². The Balaban J connectivity index is 2.05. The molecule has 1 amide bonds. The summed E-state index contributed by atoms with van der Waals surface area (Å²) < 4.78 is 11.9. The maximum Gasteiger partial charge on any atom is 0.413 e. The van der Waals surface area contributed by atoms with E-state index < -0.39 is 6.09 Å². The maximum atomic E-state index is 11.6. The molecule has 134 valence electrons. The van der Waals surface area contributed by atoms with E-state index in [9.17, 15) is 4.79 Å². The molecule has 0 saturated carbocycles. The van der Waals surface area contributed by atoms with Crippen molar-refractivity contribution >= 4 is 29.1 Å². The van der Waals surface area contributed by atoms with Gasteiger partial charge in [-0.2, -0.15) is 0 Å². The lowest BCUT2D eigenvalue weighted by Crippen LogP contribution is -2.23. The van der Waals surface area contributed by atoms with Crippen molar-refractivity contribution in [3.05, 3.63) is 53.1 Å². The number of methoxy groups -OCH3 is 1. The summed E-state index contributed by atoms with van der Waals surface area (Å²) in [6.45, 7) is 5.88. The van der Waals surface area contributed by atoms with Crippen LogP contribution in [0.15, 0.2) is 36.4 Å². The van der Waals surface area contributed by atoms with E-state index in [4.69, 9.17) is 10.1 Å². The second kappa shape index (κ2) is 6.87. The van der Waals surface area contributed by atoms with Crippen molar-refractivity contribution in [3.8, 4) is 5.75 Å². The van der Waals surface area contributed by atoms with Crippen LogP contribution in [0.4, 0.5) is 10.7 Å². The van der Waals surface area contributed by atoms with Gasteiger partial charge >= 0.3 is 12.1 Å². The van der Waals surface area contributed by atoms with Gasteiger partial charge in [0.1, 0.15) is 5.75 Å². The third-order valence-electron chi connectivity index (χ3n) is 3.97. The van der Waals surface area contributed by atoms with E-state index in [1.165, 1.54) is 11.7 Å². The predicted molar refractivity (Wildman–Crippen MR) is 100 cm³/mol. The molecule has 7 heteroatoms. The van der Waals surface area contributed by atoms with Crippen LogP contribution in [0, 0.1) is 26.2 Å². The van der Waals surface area contributed by atoms with E-state index in [1.54, 1.807) is 12.1 Å². The average molecular weight is 352 g/mol. The quantitative estimate of drug-likeness (QED) is 0.539. The summed E-state index contributed by atoms with van der Waals surface area (Å²) in [5, 5.41) is 11.0. The number of fused-ring (bicyclic) bond motifs is 1. The van der Waals surface area contributed by atoms with Crippen LogP contribution in [0.25, 0.3) is 11.0 Å². The van der Waals surface area contributed by atoms with E-state index in [0.29, 0.717) is 16.8 Å². The van der Waals surface area contributed by atoms with Gasteiger partial charge in [0, 0.05) is 0 Å². The number of ether oxygens (including phenoxy) is 2. The number of anilines is 1. The van der Waals surface area contributed by atoms with E-state index in [2.05, 4.69) is 15.0 Å². The van der Waals surface area contributed by atoms with Crippen LogP contribution in [0.2, 0.25) is 0 Å². The van der Waals surface area contributed by atoms with Gasteiger partial charge in [0.15, 0.2) is 0 Å². The standard InChI is InChI=1S/C19H20N4O3/c1-11-9-12(2)16(13(3)10-11)26-17(20)23-15-8-6-5-7-14(15)21-18(23)22-19(24)25-4/h5-10,20H,1-4H3,(H,21,22,24). The number of carbonyl (C=O) groups is 1. The summed E-state index contributed by atoms with van der Waals surface area (Å²) in [7, 11) is 1.27. The molecular weight excluding hydrogens is 332 g/mol. The summed E-state index contributed by atoms with van der Waals surface area (Å²) >= 11 is 0. The summed E-state index contributed by atoms with van der Waals surface area (Å²) in [6.07, 6.45) is -0.669. The maximum absolute atomic E-state index is 11.6. The first-order valence-corrected chi connectivity index (χ1v) is 8.07. The minimum absolute atomic E-state index is 0.158. The number of amides is 1. The second-order valence-corrected chi connectivity index (χ2v) is 6.01. The number of hydrogen-bond donors (Lipinski definition) is 2. The van der Waals surface area contributed by atoms with Crippen LogP contribution in [0.5, 0.6) is 5.75 Å². The molecule has 0 atom stereocenters. The summed E-state index contributed by atoms with van der Waals surface area (Å²) in [6, 6.07) is 11.1. The lowest BCUT2D eigenvalue weighted by Gasteiger charge is -2.15. The van der Waals surface area contributed by atoms with Crippen molar-refractivity contribution in [3.63, 3.8) is 0 Å². The number of benzene rings is 2. The van der Waals surface area contributed by atoms with Gasteiger partial charge in [-0.25, -0.2) is 14.3 Å². The van der Waals surface area contributed by atoms with E-state index in [1.807, 2.05) is 45.0 Å². The Morgan fingerprint density at radius 2 is 1.81 bits per heavy atom. The van der Waals surface area contributed by atoms with Crippen molar-refractivity contribution in [2.75, 3.05) is 12.4 Å². The average Bonchev–Trinajstić information content (AvgIpc) is 2.95. The molecule has 0 aliphatic carbocycles.